The summed E-state index contributed by atoms with van der Waals surface area (Å²) in [6.07, 6.45) is 7.14. The highest BCUT2D eigenvalue weighted by molar-refractivity contribution is 7.10. The number of benzene rings is 2. The molecule has 33 heavy (non-hydrogen) atoms. The minimum Gasteiger partial charge on any atom is -0.320 e. The van der Waals surface area contributed by atoms with Gasteiger partial charge in [0.05, 0.1) is 5.01 Å². The first-order valence-corrected chi connectivity index (χ1v) is 12.7. The van der Waals surface area contributed by atoms with Gasteiger partial charge in [0.1, 0.15) is 12.0 Å². The third kappa shape index (κ3) is 6.36. The highest BCUT2D eigenvalue weighted by Crippen LogP contribution is 2.31. The zero-order valence-corrected chi connectivity index (χ0v) is 19.7. The SMILES string of the molecule is O=CCCCCCN1CCC(c2nc(C(=O)Nc3ccccc3-c3ccccc3)cs2)CC1. The van der Waals surface area contributed by atoms with Gasteiger partial charge < -0.3 is 15.0 Å². The molecule has 1 fully saturated rings. The van der Waals surface area contributed by atoms with E-state index in [2.05, 4.69) is 10.2 Å². The van der Waals surface area contributed by atoms with Crippen LogP contribution in [0.3, 0.4) is 0 Å². The highest BCUT2D eigenvalue weighted by atomic mass is 32.1. The molecule has 5 nitrogen and oxygen atoms in total. The number of thiazole rings is 1. The summed E-state index contributed by atoms with van der Waals surface area (Å²) in [6, 6.07) is 17.9. The summed E-state index contributed by atoms with van der Waals surface area (Å²) in [7, 11) is 0. The molecule has 0 spiro atoms. The van der Waals surface area contributed by atoms with Crippen LogP contribution in [-0.4, -0.2) is 41.7 Å². The molecule has 1 N–H and O–H groups in total. The minimum absolute atomic E-state index is 0.159. The first kappa shape index (κ1) is 23.3. The molecule has 0 atom stereocenters. The smallest absolute Gasteiger partial charge is 0.275 e. The maximum Gasteiger partial charge on any atom is 0.275 e. The summed E-state index contributed by atoms with van der Waals surface area (Å²) in [6.45, 7) is 3.26. The summed E-state index contributed by atoms with van der Waals surface area (Å²) in [5.74, 6) is 0.271. The van der Waals surface area contributed by atoms with Crippen molar-refractivity contribution in [1.82, 2.24) is 9.88 Å². The number of amides is 1. The lowest BCUT2D eigenvalue weighted by atomic mass is 9.97. The summed E-state index contributed by atoms with van der Waals surface area (Å²) in [5.41, 5.74) is 3.36. The molecule has 0 aliphatic carbocycles. The van der Waals surface area contributed by atoms with Gasteiger partial charge >= 0.3 is 0 Å². The first-order chi connectivity index (χ1) is 16.2. The first-order valence-electron chi connectivity index (χ1n) is 11.8. The molecule has 1 aliphatic heterocycles. The molecule has 1 aromatic heterocycles. The Labute approximate surface area is 199 Å². The predicted octanol–water partition coefficient (Wildman–Crippen LogP) is 6.00. The van der Waals surface area contributed by atoms with Crippen molar-refractivity contribution in [2.45, 2.75) is 44.4 Å². The van der Waals surface area contributed by atoms with E-state index in [9.17, 15) is 9.59 Å². The van der Waals surface area contributed by atoms with Gasteiger partial charge in [-0.1, -0.05) is 55.0 Å². The maximum absolute atomic E-state index is 12.9. The van der Waals surface area contributed by atoms with Gasteiger partial charge in [0.2, 0.25) is 0 Å². The Hall–Kier alpha value is -2.83. The van der Waals surface area contributed by atoms with Crippen molar-refractivity contribution in [3.05, 3.63) is 70.7 Å². The van der Waals surface area contributed by atoms with E-state index < -0.39 is 0 Å². The molecule has 1 aliphatic rings. The standard InChI is InChI=1S/C27H31N3O2S/c31-19-9-2-1-8-16-30-17-14-22(15-18-30)27-29-25(20-33-27)26(32)28-24-13-7-6-12-23(24)21-10-4-3-5-11-21/h3-7,10-13,19-20,22H,1-2,8-9,14-18H2,(H,28,32). The zero-order valence-electron chi connectivity index (χ0n) is 18.9. The molecular weight excluding hydrogens is 430 g/mol. The van der Waals surface area contributed by atoms with E-state index in [0.29, 0.717) is 18.0 Å². The number of hydrogen-bond donors (Lipinski definition) is 1. The largest absolute Gasteiger partial charge is 0.320 e. The van der Waals surface area contributed by atoms with Crippen molar-refractivity contribution < 1.29 is 9.59 Å². The molecule has 6 heteroatoms. The van der Waals surface area contributed by atoms with Gasteiger partial charge in [0, 0.05) is 29.0 Å². The Morgan fingerprint density at radius 1 is 1.03 bits per heavy atom. The van der Waals surface area contributed by atoms with Crippen LogP contribution in [0, 0.1) is 0 Å². The van der Waals surface area contributed by atoms with Gasteiger partial charge in [-0.2, -0.15) is 0 Å². The van der Waals surface area contributed by atoms with Crippen LogP contribution in [0.2, 0.25) is 0 Å². The topological polar surface area (TPSA) is 62.3 Å². The summed E-state index contributed by atoms with van der Waals surface area (Å²) >= 11 is 1.60. The number of aldehydes is 1. The van der Waals surface area contributed by atoms with Crippen LogP contribution >= 0.6 is 11.3 Å². The van der Waals surface area contributed by atoms with Crippen LogP contribution in [0.25, 0.3) is 11.1 Å². The minimum atomic E-state index is -0.159. The number of piperidine rings is 1. The second kappa shape index (κ2) is 11.9. The van der Waals surface area contributed by atoms with Gasteiger partial charge in [-0.05, 0) is 56.9 Å². The van der Waals surface area contributed by atoms with Crippen molar-refractivity contribution in [3.8, 4) is 11.1 Å². The van der Waals surface area contributed by atoms with E-state index in [0.717, 1.165) is 79.8 Å². The fraction of sp³-hybridized carbons (Fsp3) is 0.370. The van der Waals surface area contributed by atoms with Crippen LogP contribution in [0.1, 0.15) is 59.9 Å². The number of hydrogen-bond acceptors (Lipinski definition) is 5. The van der Waals surface area contributed by atoms with Crippen molar-refractivity contribution in [1.29, 1.82) is 0 Å². The lowest BCUT2D eigenvalue weighted by molar-refractivity contribution is -0.107. The van der Waals surface area contributed by atoms with E-state index in [1.54, 1.807) is 11.3 Å². The fourth-order valence-corrected chi connectivity index (χ4v) is 5.34. The quantitative estimate of drug-likeness (QED) is 0.297. The third-order valence-corrected chi connectivity index (χ3v) is 7.26. The Bertz CT molecular complexity index is 1040. The Balaban J connectivity index is 1.32. The molecule has 172 valence electrons. The molecule has 0 radical (unpaired) electrons. The van der Waals surface area contributed by atoms with Crippen molar-refractivity contribution in [2.75, 3.05) is 25.0 Å². The normalized spacial score (nSPS) is 14.8. The maximum atomic E-state index is 12.9. The molecule has 0 bridgehead atoms. The molecule has 2 aromatic carbocycles. The number of anilines is 1. The number of aromatic nitrogens is 1. The molecule has 4 rings (SSSR count). The van der Waals surface area contributed by atoms with Crippen molar-refractivity contribution in [2.24, 2.45) is 0 Å². The number of nitrogens with zero attached hydrogens (tertiary/aromatic N) is 2. The average Bonchev–Trinajstić information content (AvgIpc) is 3.36. The zero-order chi connectivity index (χ0) is 22.9. The van der Waals surface area contributed by atoms with Crippen LogP contribution in [0.15, 0.2) is 60.0 Å². The van der Waals surface area contributed by atoms with Crippen LogP contribution < -0.4 is 5.32 Å². The van der Waals surface area contributed by atoms with E-state index in [1.807, 2.05) is 60.0 Å². The monoisotopic (exact) mass is 461 g/mol. The lowest BCUT2D eigenvalue weighted by Crippen LogP contribution is -2.33. The van der Waals surface area contributed by atoms with E-state index in [-0.39, 0.29) is 5.91 Å². The summed E-state index contributed by atoms with van der Waals surface area (Å²) in [4.78, 5) is 30.6. The third-order valence-electron chi connectivity index (χ3n) is 6.25. The lowest BCUT2D eigenvalue weighted by Gasteiger charge is -2.31. The number of carbonyl (C=O) groups excluding carboxylic acids is 2. The number of carbonyl (C=O) groups is 2. The number of unbranched alkanes of at least 4 members (excludes halogenated alkanes) is 3. The van der Waals surface area contributed by atoms with Gasteiger partial charge in [0.25, 0.3) is 5.91 Å². The second-order valence-electron chi connectivity index (χ2n) is 8.57. The highest BCUT2D eigenvalue weighted by Gasteiger charge is 2.24. The van der Waals surface area contributed by atoms with E-state index in [1.165, 1.54) is 0 Å². The van der Waals surface area contributed by atoms with Crippen molar-refractivity contribution >= 4 is 29.2 Å². The Kier molecular flexibility index (Phi) is 8.39. The predicted molar refractivity (Wildman–Crippen MR) is 135 cm³/mol. The fourth-order valence-electron chi connectivity index (χ4n) is 4.37. The van der Waals surface area contributed by atoms with Gasteiger partial charge in [-0.15, -0.1) is 11.3 Å². The number of nitrogens with one attached hydrogen (secondary N) is 1. The molecule has 1 saturated heterocycles. The van der Waals surface area contributed by atoms with Gasteiger partial charge in [-0.3, -0.25) is 4.79 Å². The second-order valence-corrected chi connectivity index (χ2v) is 9.46. The van der Waals surface area contributed by atoms with Crippen LogP contribution in [-0.2, 0) is 4.79 Å². The van der Waals surface area contributed by atoms with E-state index in [4.69, 9.17) is 4.98 Å². The van der Waals surface area contributed by atoms with Gasteiger partial charge in [-0.25, -0.2) is 4.98 Å². The number of para-hydroxylation sites is 1. The molecule has 3 aromatic rings. The summed E-state index contributed by atoms with van der Waals surface area (Å²) < 4.78 is 0. The Morgan fingerprint density at radius 2 is 1.79 bits per heavy atom. The number of rotatable bonds is 10. The van der Waals surface area contributed by atoms with Gasteiger partial charge in [0.15, 0.2) is 0 Å². The summed E-state index contributed by atoms with van der Waals surface area (Å²) in [5, 5.41) is 6.02. The molecule has 1 amide bonds. The molecule has 0 unspecified atom stereocenters. The van der Waals surface area contributed by atoms with Crippen LogP contribution in [0.5, 0.6) is 0 Å². The molecule has 2 heterocycles. The average molecular weight is 462 g/mol. The van der Waals surface area contributed by atoms with Crippen molar-refractivity contribution in [3.63, 3.8) is 0 Å². The molecule has 0 saturated carbocycles. The molecular formula is C27H31N3O2S. The number of likely N-dealkylation sites (tertiary alicyclic amines) is 1. The van der Waals surface area contributed by atoms with E-state index >= 15 is 0 Å². The Morgan fingerprint density at radius 3 is 2.58 bits per heavy atom. The van der Waals surface area contributed by atoms with Crippen LogP contribution in [0.4, 0.5) is 5.69 Å².